The Kier molecular flexibility index (Phi) is 10.1. The molecule has 1 amide bonds. The van der Waals surface area contributed by atoms with Crippen molar-refractivity contribution in [3.63, 3.8) is 0 Å². The molecule has 0 spiro atoms. The minimum atomic E-state index is -1.18. The molecular weight excluding hydrogens is 536 g/mol. The van der Waals surface area contributed by atoms with Crippen molar-refractivity contribution < 1.29 is 24.5 Å². The Morgan fingerprint density at radius 1 is 1.05 bits per heavy atom. The van der Waals surface area contributed by atoms with E-state index in [4.69, 9.17) is 4.74 Å². The number of hydrogen-bond donors (Lipinski definition) is 3. The second-order valence-electron chi connectivity index (χ2n) is 14.9. The minimum Gasteiger partial charge on any atom is -0.393 e. The van der Waals surface area contributed by atoms with E-state index in [9.17, 15) is 19.8 Å². The highest BCUT2D eigenvalue weighted by Crippen LogP contribution is 2.47. The lowest BCUT2D eigenvalue weighted by Gasteiger charge is -2.45. The van der Waals surface area contributed by atoms with Gasteiger partial charge >= 0.3 is 0 Å². The number of nitrogens with one attached hydrogen (secondary N) is 1. The highest BCUT2D eigenvalue weighted by molar-refractivity contribution is 7.09. The summed E-state index contributed by atoms with van der Waals surface area (Å²) in [6.45, 7) is 21.6. The summed E-state index contributed by atoms with van der Waals surface area (Å²) in [6, 6.07) is -0.288. The van der Waals surface area contributed by atoms with Crippen LogP contribution in [0, 0.1) is 35.0 Å². The SMILES string of the molecule is C/C(=C\c1csc(C)n1)C1C[C@@H]2O[C@]2(C)CCCC(C)(C)[C@H](C)[C@H](O)[C@@H](C)C(C)(C)C(=O)C(C)(C)[C@@H](O)CC(=O)N1. The predicted octanol–water partition coefficient (Wildman–Crippen LogP) is 6.10. The second kappa shape index (κ2) is 12.2. The van der Waals surface area contributed by atoms with E-state index >= 15 is 0 Å². The third-order valence-electron chi connectivity index (χ3n) is 10.7. The van der Waals surface area contributed by atoms with E-state index in [-0.39, 0.29) is 53.1 Å². The molecule has 1 unspecified atom stereocenters. The lowest BCUT2D eigenvalue weighted by atomic mass is 9.60. The van der Waals surface area contributed by atoms with Gasteiger partial charge in [-0.2, -0.15) is 0 Å². The molecule has 0 saturated carbocycles. The normalized spacial score (nSPS) is 37.0. The van der Waals surface area contributed by atoms with Crippen molar-refractivity contribution in [2.45, 2.75) is 138 Å². The molecule has 1 aromatic rings. The quantitative estimate of drug-likeness (QED) is 0.359. The van der Waals surface area contributed by atoms with Gasteiger partial charge in [-0.3, -0.25) is 9.59 Å². The monoisotopic (exact) mass is 590 g/mol. The number of aliphatic hydroxyl groups excluding tert-OH is 2. The average Bonchev–Trinajstić information content (AvgIpc) is 3.31. The van der Waals surface area contributed by atoms with Gasteiger partial charge in [0.15, 0.2) is 0 Å². The van der Waals surface area contributed by atoms with E-state index in [1.54, 1.807) is 25.2 Å². The van der Waals surface area contributed by atoms with Crippen molar-refractivity contribution in [3.05, 3.63) is 21.7 Å². The molecule has 7 nitrogen and oxygen atoms in total. The molecule has 232 valence electrons. The van der Waals surface area contributed by atoms with Crippen molar-refractivity contribution in [2.75, 3.05) is 0 Å². The van der Waals surface area contributed by atoms with Crippen molar-refractivity contribution in [3.8, 4) is 0 Å². The Labute approximate surface area is 251 Å². The van der Waals surface area contributed by atoms with Crippen LogP contribution < -0.4 is 5.32 Å². The number of carbonyl (C=O) groups excluding carboxylic acids is 2. The van der Waals surface area contributed by atoms with E-state index in [1.165, 1.54) is 0 Å². The van der Waals surface area contributed by atoms with Crippen LogP contribution in [0.5, 0.6) is 0 Å². The zero-order valence-electron chi connectivity index (χ0n) is 27.1. The second-order valence-corrected chi connectivity index (χ2v) is 15.9. The number of aromatic nitrogens is 1. The number of ketones is 1. The van der Waals surface area contributed by atoms with Crippen LogP contribution in [0.25, 0.3) is 6.08 Å². The van der Waals surface area contributed by atoms with Crippen molar-refractivity contribution in [1.29, 1.82) is 0 Å². The first-order chi connectivity index (χ1) is 18.7. The number of epoxide rings is 1. The van der Waals surface area contributed by atoms with Crippen LogP contribution in [0.2, 0.25) is 0 Å². The van der Waals surface area contributed by atoms with Crippen molar-refractivity contribution in [2.24, 2.45) is 28.1 Å². The fourth-order valence-electron chi connectivity index (χ4n) is 6.48. The molecule has 2 fully saturated rings. The maximum Gasteiger partial charge on any atom is 0.223 e. The van der Waals surface area contributed by atoms with Crippen LogP contribution in [0.4, 0.5) is 0 Å². The number of carbonyl (C=O) groups is 2. The van der Waals surface area contributed by atoms with Crippen LogP contribution in [-0.2, 0) is 14.3 Å². The van der Waals surface area contributed by atoms with E-state index in [2.05, 4.69) is 38.0 Å². The number of aliphatic hydroxyl groups is 2. The van der Waals surface area contributed by atoms with Crippen LogP contribution in [0.15, 0.2) is 11.0 Å². The summed E-state index contributed by atoms with van der Waals surface area (Å²) in [4.78, 5) is 31.8. The first-order valence-corrected chi connectivity index (χ1v) is 16.1. The number of amides is 1. The number of thiazole rings is 1. The first kappa shape index (κ1) is 33.9. The van der Waals surface area contributed by atoms with Crippen molar-refractivity contribution in [1.82, 2.24) is 10.3 Å². The summed E-state index contributed by atoms with van der Waals surface area (Å²) in [5, 5.41) is 28.9. The Bertz CT molecular complexity index is 1140. The molecule has 8 heteroatoms. The van der Waals surface area contributed by atoms with Gasteiger partial charge in [-0.15, -0.1) is 11.3 Å². The van der Waals surface area contributed by atoms with Crippen LogP contribution in [-0.4, -0.2) is 56.8 Å². The minimum absolute atomic E-state index is 0.00194. The third-order valence-corrected chi connectivity index (χ3v) is 11.4. The number of fused-ring (bicyclic) bond motifs is 1. The number of nitrogens with zero attached hydrogens (tertiary/aromatic N) is 1. The summed E-state index contributed by atoms with van der Waals surface area (Å²) < 4.78 is 6.23. The highest BCUT2D eigenvalue weighted by Gasteiger charge is 2.53. The van der Waals surface area contributed by atoms with Crippen molar-refractivity contribution >= 4 is 29.1 Å². The molecule has 0 bridgehead atoms. The Morgan fingerprint density at radius 3 is 2.27 bits per heavy atom. The number of rotatable bonds is 2. The zero-order valence-corrected chi connectivity index (χ0v) is 27.9. The fourth-order valence-corrected chi connectivity index (χ4v) is 7.05. The van der Waals surface area contributed by atoms with Gasteiger partial charge in [0.2, 0.25) is 5.91 Å². The molecule has 2 aliphatic rings. The maximum absolute atomic E-state index is 14.0. The molecule has 2 aliphatic heterocycles. The predicted molar refractivity (Wildman–Crippen MR) is 165 cm³/mol. The van der Waals surface area contributed by atoms with Crippen LogP contribution in [0.3, 0.4) is 0 Å². The van der Waals surface area contributed by atoms with Gasteiger partial charge in [-0.05, 0) is 68.9 Å². The highest BCUT2D eigenvalue weighted by atomic mass is 32.1. The standard InChI is InChI=1S/C33H54N2O5S/c1-19(15-23-18-41-22(4)34-23)24-16-26-33(11,40-26)14-12-13-30(5,6)20(2)28(38)21(3)31(7,8)29(39)32(9,10)25(36)17-27(37)35-24/h15,18,20-21,24-26,28,36,38H,12-14,16-17H2,1-11H3,(H,35,37)/b19-15+/t20-,21-,24?,25+,26+,28+,33-/m1/s1. The average molecular weight is 591 g/mol. The van der Waals surface area contributed by atoms with E-state index in [0.29, 0.717) is 6.42 Å². The third kappa shape index (κ3) is 7.49. The first-order valence-electron chi connectivity index (χ1n) is 15.2. The summed E-state index contributed by atoms with van der Waals surface area (Å²) >= 11 is 1.58. The molecule has 3 N–H and O–H groups in total. The van der Waals surface area contributed by atoms with Gasteiger partial charge in [-0.25, -0.2) is 4.98 Å². The lowest BCUT2D eigenvalue weighted by Crippen LogP contribution is -2.52. The van der Waals surface area contributed by atoms with Gasteiger partial charge in [0.05, 0.1) is 52.5 Å². The zero-order chi connectivity index (χ0) is 31.1. The largest absolute Gasteiger partial charge is 0.393 e. The van der Waals surface area contributed by atoms with Gasteiger partial charge < -0.3 is 20.3 Å². The van der Waals surface area contributed by atoms with Gasteiger partial charge in [0, 0.05) is 17.2 Å². The summed E-state index contributed by atoms with van der Waals surface area (Å²) in [5.41, 5.74) is -0.663. The number of aryl methyl sites for hydroxylation is 1. The maximum atomic E-state index is 14.0. The van der Waals surface area contributed by atoms with Crippen LogP contribution in [0.1, 0.15) is 112 Å². The van der Waals surface area contributed by atoms with E-state index in [0.717, 1.165) is 35.5 Å². The molecular formula is C33H54N2O5S. The van der Waals surface area contributed by atoms with Gasteiger partial charge in [0.25, 0.3) is 0 Å². The number of hydrogen-bond acceptors (Lipinski definition) is 7. The fraction of sp³-hybridized carbons (Fsp3) is 0.788. The van der Waals surface area contributed by atoms with Gasteiger partial charge in [-0.1, -0.05) is 55.4 Å². The molecule has 3 heterocycles. The van der Waals surface area contributed by atoms with Crippen LogP contribution >= 0.6 is 11.3 Å². The molecule has 41 heavy (non-hydrogen) atoms. The summed E-state index contributed by atoms with van der Waals surface area (Å²) in [6.07, 6.45) is 3.32. The Morgan fingerprint density at radius 2 is 1.68 bits per heavy atom. The molecule has 0 aliphatic carbocycles. The molecule has 1 aromatic heterocycles. The Hall–Kier alpha value is -1.61. The van der Waals surface area contributed by atoms with E-state index in [1.807, 2.05) is 46.1 Å². The topological polar surface area (TPSA) is 112 Å². The molecule has 3 rings (SSSR count). The Balaban J connectivity index is 1.94. The molecule has 2 saturated heterocycles. The molecule has 0 radical (unpaired) electrons. The number of Topliss-reactive ketones (excluding diaryl/α,β-unsaturated/α-hetero) is 1. The summed E-state index contributed by atoms with van der Waals surface area (Å²) in [5.74, 6) is -0.854. The molecule has 7 atom stereocenters. The molecule has 0 aromatic carbocycles. The smallest absolute Gasteiger partial charge is 0.223 e. The van der Waals surface area contributed by atoms with E-state index < -0.39 is 23.0 Å². The number of ether oxygens (including phenoxy) is 1. The lowest BCUT2D eigenvalue weighted by molar-refractivity contribution is -0.150. The van der Waals surface area contributed by atoms with Gasteiger partial charge in [0.1, 0.15) is 5.78 Å². The summed E-state index contributed by atoms with van der Waals surface area (Å²) in [7, 11) is 0.